The lowest BCUT2D eigenvalue weighted by Gasteiger charge is -2.33. The van der Waals surface area contributed by atoms with E-state index in [1.165, 1.54) is 4.31 Å². The molecule has 2 amide bonds. The predicted molar refractivity (Wildman–Crippen MR) is 157 cm³/mol. The molecule has 2 fully saturated rings. The van der Waals surface area contributed by atoms with Gasteiger partial charge in [-0.05, 0) is 99.2 Å². The van der Waals surface area contributed by atoms with Crippen LogP contribution in [0.5, 0.6) is 0 Å². The number of hydrogen-bond donors (Lipinski definition) is 0. The van der Waals surface area contributed by atoms with Gasteiger partial charge in [-0.3, -0.25) is 9.59 Å². The van der Waals surface area contributed by atoms with Crippen LogP contribution >= 0.6 is 0 Å². The molecule has 1 aliphatic carbocycles. The Bertz CT molecular complexity index is 1730. The summed E-state index contributed by atoms with van der Waals surface area (Å²) in [5, 5.41) is 0. The number of aryl methyl sites for hydroxylation is 2. The summed E-state index contributed by atoms with van der Waals surface area (Å²) >= 11 is 0. The molecule has 1 aliphatic heterocycles. The zero-order chi connectivity index (χ0) is 29.1. The molecule has 3 aromatic carbocycles. The summed E-state index contributed by atoms with van der Waals surface area (Å²) in [4.78, 5) is 33.2. The number of amides is 2. The van der Waals surface area contributed by atoms with E-state index in [0.29, 0.717) is 46.7 Å². The number of oxazole rings is 1. The predicted octanol–water partition coefficient (Wildman–Crippen LogP) is 5.99. The lowest BCUT2D eigenvalue weighted by atomic mass is 10.0. The van der Waals surface area contributed by atoms with Crippen LogP contribution in [0.4, 0.5) is 5.69 Å². The number of imide groups is 1. The fraction of sp³-hybridized carbons (Fsp3) is 0.344. The lowest BCUT2D eigenvalue weighted by Crippen LogP contribution is -2.50. The van der Waals surface area contributed by atoms with E-state index >= 15 is 0 Å². The van der Waals surface area contributed by atoms with E-state index in [2.05, 4.69) is 4.98 Å². The third kappa shape index (κ3) is 4.57. The van der Waals surface area contributed by atoms with Gasteiger partial charge in [0.2, 0.25) is 21.8 Å². The number of para-hydroxylation sites is 2. The minimum Gasteiger partial charge on any atom is -0.436 e. The Morgan fingerprint density at radius 2 is 1.54 bits per heavy atom. The number of carbonyl (C=O) groups excluding carboxylic acids is 2. The zero-order valence-corrected chi connectivity index (χ0v) is 24.5. The van der Waals surface area contributed by atoms with Crippen LogP contribution in [-0.4, -0.2) is 41.6 Å². The van der Waals surface area contributed by atoms with Crippen molar-refractivity contribution in [1.82, 2.24) is 9.29 Å². The molecule has 2 aliphatic rings. The largest absolute Gasteiger partial charge is 0.436 e. The second kappa shape index (κ2) is 10.2. The number of carbonyl (C=O) groups is 2. The second-order valence-corrected chi connectivity index (χ2v) is 13.0. The molecule has 1 unspecified atom stereocenters. The van der Waals surface area contributed by atoms with Crippen molar-refractivity contribution in [3.8, 4) is 11.5 Å². The van der Waals surface area contributed by atoms with Gasteiger partial charge < -0.3 is 4.42 Å². The molecule has 0 N–H and O–H groups in total. The summed E-state index contributed by atoms with van der Waals surface area (Å²) in [6, 6.07) is 14.9. The number of anilines is 1. The van der Waals surface area contributed by atoms with Gasteiger partial charge in [0.1, 0.15) is 11.6 Å². The average Bonchev–Trinajstić information content (AvgIpc) is 3.68. The zero-order valence-electron chi connectivity index (χ0n) is 23.7. The van der Waals surface area contributed by atoms with E-state index in [1.807, 2.05) is 58.0 Å². The van der Waals surface area contributed by atoms with Gasteiger partial charge >= 0.3 is 0 Å². The maximum absolute atomic E-state index is 14.4. The van der Waals surface area contributed by atoms with Gasteiger partial charge in [-0.1, -0.05) is 31.0 Å². The number of fused-ring (bicyclic) bond motifs is 1. The molecule has 8 nitrogen and oxygen atoms in total. The molecule has 4 aromatic rings. The van der Waals surface area contributed by atoms with Crippen molar-refractivity contribution in [1.29, 1.82) is 0 Å². The summed E-state index contributed by atoms with van der Waals surface area (Å²) in [6.45, 7) is 7.43. The fourth-order valence-corrected chi connectivity index (χ4v) is 8.69. The van der Waals surface area contributed by atoms with Gasteiger partial charge in [-0.15, -0.1) is 0 Å². The van der Waals surface area contributed by atoms with Gasteiger partial charge in [0.25, 0.3) is 5.91 Å². The first kappa shape index (κ1) is 27.4. The minimum absolute atomic E-state index is 0.190. The van der Waals surface area contributed by atoms with Crippen molar-refractivity contribution in [2.24, 2.45) is 0 Å². The molecule has 0 radical (unpaired) electrons. The summed E-state index contributed by atoms with van der Waals surface area (Å²) in [6.07, 6.45) is 2.91. The SMILES string of the molecule is Cc1cc(C)c(C)c(S(=O)(=O)N(C2CCCC2)C2CC(=O)N(c3ccc(-c4nc5ccccc5o4)cc3)C2=O)c1C. The molecule has 0 spiro atoms. The summed E-state index contributed by atoms with van der Waals surface area (Å²) < 4.78 is 36.1. The van der Waals surface area contributed by atoms with E-state index in [0.717, 1.165) is 34.4 Å². The highest BCUT2D eigenvalue weighted by atomic mass is 32.2. The molecule has 6 rings (SSSR count). The average molecular weight is 572 g/mol. The van der Waals surface area contributed by atoms with Gasteiger partial charge in [0.15, 0.2) is 5.58 Å². The Hall–Kier alpha value is -3.82. The molecule has 1 saturated carbocycles. The van der Waals surface area contributed by atoms with E-state index in [9.17, 15) is 18.0 Å². The monoisotopic (exact) mass is 571 g/mol. The number of benzene rings is 3. The van der Waals surface area contributed by atoms with Crippen LogP contribution in [0.15, 0.2) is 63.9 Å². The first-order valence-corrected chi connectivity index (χ1v) is 15.5. The fourth-order valence-electron chi connectivity index (χ4n) is 6.28. The van der Waals surface area contributed by atoms with Crippen molar-refractivity contribution in [3.63, 3.8) is 0 Å². The minimum atomic E-state index is -4.08. The maximum Gasteiger partial charge on any atom is 0.252 e. The van der Waals surface area contributed by atoms with Crippen LogP contribution in [0.25, 0.3) is 22.6 Å². The van der Waals surface area contributed by atoms with Crippen molar-refractivity contribution in [2.75, 3.05) is 4.90 Å². The van der Waals surface area contributed by atoms with Crippen LogP contribution in [-0.2, 0) is 19.6 Å². The molecule has 0 bridgehead atoms. The summed E-state index contributed by atoms with van der Waals surface area (Å²) in [5.74, 6) is -0.492. The van der Waals surface area contributed by atoms with Crippen LogP contribution in [0.2, 0.25) is 0 Å². The van der Waals surface area contributed by atoms with Crippen molar-refractivity contribution in [3.05, 3.63) is 76.9 Å². The number of hydrogen-bond acceptors (Lipinski definition) is 6. The van der Waals surface area contributed by atoms with Gasteiger partial charge in [-0.25, -0.2) is 18.3 Å². The highest BCUT2D eigenvalue weighted by molar-refractivity contribution is 7.89. The van der Waals surface area contributed by atoms with Crippen LogP contribution in [0.1, 0.15) is 54.4 Å². The van der Waals surface area contributed by atoms with E-state index in [-0.39, 0.29) is 17.4 Å². The Labute approximate surface area is 240 Å². The van der Waals surface area contributed by atoms with Gasteiger partial charge in [0, 0.05) is 11.6 Å². The Kier molecular flexibility index (Phi) is 6.82. The van der Waals surface area contributed by atoms with Crippen LogP contribution in [0, 0.1) is 27.7 Å². The number of aromatic nitrogens is 1. The Morgan fingerprint density at radius 3 is 2.17 bits per heavy atom. The van der Waals surface area contributed by atoms with Gasteiger partial charge in [-0.2, -0.15) is 4.31 Å². The summed E-state index contributed by atoms with van der Waals surface area (Å²) in [7, 11) is -4.08. The third-order valence-corrected chi connectivity index (χ3v) is 10.8. The molecule has 1 aromatic heterocycles. The summed E-state index contributed by atoms with van der Waals surface area (Å²) in [5.41, 5.74) is 5.63. The number of sulfonamides is 1. The molecule has 9 heteroatoms. The second-order valence-electron chi connectivity index (χ2n) is 11.2. The van der Waals surface area contributed by atoms with Crippen molar-refractivity contribution in [2.45, 2.75) is 76.8 Å². The highest BCUT2D eigenvalue weighted by Crippen LogP contribution is 2.38. The van der Waals surface area contributed by atoms with Crippen LogP contribution in [0.3, 0.4) is 0 Å². The van der Waals surface area contributed by atoms with Crippen molar-refractivity contribution >= 4 is 38.6 Å². The smallest absolute Gasteiger partial charge is 0.252 e. The molecule has 1 saturated heterocycles. The first-order chi connectivity index (χ1) is 19.6. The first-order valence-electron chi connectivity index (χ1n) is 14.0. The third-order valence-electron chi connectivity index (χ3n) is 8.61. The Balaban J connectivity index is 1.35. The molecule has 2 heterocycles. The molecule has 212 valence electrons. The van der Waals surface area contributed by atoms with Crippen molar-refractivity contribution < 1.29 is 22.4 Å². The molecular weight excluding hydrogens is 538 g/mol. The quantitative estimate of drug-likeness (QED) is 0.263. The maximum atomic E-state index is 14.4. The number of rotatable bonds is 6. The lowest BCUT2D eigenvalue weighted by molar-refractivity contribution is -0.122. The molecular formula is C32H33N3O5S. The van der Waals surface area contributed by atoms with Crippen LogP contribution < -0.4 is 4.90 Å². The number of nitrogens with zero attached hydrogens (tertiary/aromatic N) is 3. The Morgan fingerprint density at radius 1 is 0.902 bits per heavy atom. The topological polar surface area (TPSA) is 101 Å². The standard InChI is InChI=1S/C32H33N3O5S/c1-19-17-20(2)22(4)30(21(19)3)41(38,39)35(25-9-5-6-10-25)27-18-29(36)34(32(27)37)24-15-13-23(14-16-24)31-33-26-11-7-8-12-28(26)40-31/h7-8,11-17,25,27H,5-6,9-10,18H2,1-4H3. The van der Waals surface area contributed by atoms with Gasteiger partial charge in [0.05, 0.1) is 17.0 Å². The molecule has 41 heavy (non-hydrogen) atoms. The molecule has 1 atom stereocenters. The van der Waals surface area contributed by atoms with E-state index < -0.39 is 27.9 Å². The normalized spacial score (nSPS) is 18.4. The van der Waals surface area contributed by atoms with E-state index in [1.54, 1.807) is 24.3 Å². The highest BCUT2D eigenvalue weighted by Gasteiger charge is 2.50. The van der Waals surface area contributed by atoms with E-state index in [4.69, 9.17) is 4.42 Å².